The summed E-state index contributed by atoms with van der Waals surface area (Å²) in [4.78, 5) is 12.3. The minimum Gasteiger partial charge on any atom is -0.388 e. The first-order chi connectivity index (χ1) is 9.85. The van der Waals surface area contributed by atoms with Crippen molar-refractivity contribution in [2.24, 2.45) is 5.92 Å². The molecule has 0 bridgehead atoms. The summed E-state index contributed by atoms with van der Waals surface area (Å²) < 4.78 is 0. The predicted octanol–water partition coefficient (Wildman–Crippen LogP) is 1.98. The van der Waals surface area contributed by atoms with Gasteiger partial charge in [0.2, 0.25) is 0 Å². The fraction of sp³-hybridized carbons (Fsp3) is 0.588. The minimum atomic E-state index is -0.871. The Labute approximate surface area is 128 Å². The van der Waals surface area contributed by atoms with Gasteiger partial charge in [-0.3, -0.25) is 4.79 Å². The molecule has 1 atom stereocenters. The molecule has 1 aromatic rings. The van der Waals surface area contributed by atoms with E-state index >= 15 is 0 Å². The number of benzene rings is 1. The van der Waals surface area contributed by atoms with E-state index in [-0.39, 0.29) is 12.5 Å². The van der Waals surface area contributed by atoms with Gasteiger partial charge in [-0.2, -0.15) is 0 Å². The Morgan fingerprint density at radius 2 is 2.00 bits per heavy atom. The number of rotatable bonds is 8. The molecule has 118 valence electrons. The van der Waals surface area contributed by atoms with Crippen molar-refractivity contribution in [1.82, 2.24) is 10.6 Å². The van der Waals surface area contributed by atoms with Gasteiger partial charge in [-0.05, 0) is 50.9 Å². The molecule has 1 amide bonds. The predicted molar refractivity (Wildman–Crippen MR) is 86.5 cm³/mol. The number of carbonyl (C=O) groups excluding carboxylic acids is 1. The molecule has 3 N–H and O–H groups in total. The third kappa shape index (κ3) is 6.27. The van der Waals surface area contributed by atoms with Crippen molar-refractivity contribution in [1.29, 1.82) is 0 Å². The molecule has 0 spiro atoms. The first-order valence-electron chi connectivity index (χ1n) is 7.59. The van der Waals surface area contributed by atoms with Gasteiger partial charge in [0.05, 0.1) is 5.60 Å². The van der Waals surface area contributed by atoms with Crippen LogP contribution in [-0.4, -0.2) is 36.8 Å². The van der Waals surface area contributed by atoms with Crippen LogP contribution in [0.1, 0.15) is 43.1 Å². The number of likely N-dealkylation sites (N-methyl/N-ethyl adjacent to an activating group) is 1. The van der Waals surface area contributed by atoms with E-state index in [1.807, 2.05) is 31.3 Å². The number of carbonyl (C=O) groups is 1. The van der Waals surface area contributed by atoms with E-state index in [2.05, 4.69) is 24.5 Å². The molecule has 0 aliphatic carbocycles. The number of nitrogens with one attached hydrogen (secondary N) is 2. The summed E-state index contributed by atoms with van der Waals surface area (Å²) >= 11 is 0. The van der Waals surface area contributed by atoms with Crippen molar-refractivity contribution in [2.45, 2.75) is 39.2 Å². The Morgan fingerprint density at radius 1 is 1.33 bits per heavy atom. The molecule has 4 heteroatoms. The topological polar surface area (TPSA) is 61.4 Å². The van der Waals surface area contributed by atoms with Crippen LogP contribution in [0.15, 0.2) is 24.3 Å². The summed E-state index contributed by atoms with van der Waals surface area (Å²) in [5.41, 5.74) is 0.838. The van der Waals surface area contributed by atoms with Gasteiger partial charge in [0.1, 0.15) is 0 Å². The smallest absolute Gasteiger partial charge is 0.251 e. The zero-order chi connectivity index (χ0) is 15.9. The monoisotopic (exact) mass is 292 g/mol. The van der Waals surface area contributed by atoms with E-state index < -0.39 is 5.60 Å². The maximum atomic E-state index is 12.3. The first kappa shape index (κ1) is 17.7. The van der Waals surface area contributed by atoms with Crippen LogP contribution in [0.25, 0.3) is 0 Å². The number of amides is 1. The third-order valence-corrected chi connectivity index (χ3v) is 3.38. The Bertz CT molecular complexity index is 456. The lowest BCUT2D eigenvalue weighted by Gasteiger charge is -2.25. The quantitative estimate of drug-likeness (QED) is 0.686. The van der Waals surface area contributed by atoms with Crippen LogP contribution >= 0.6 is 0 Å². The Hall–Kier alpha value is -1.39. The van der Waals surface area contributed by atoms with E-state index in [1.54, 1.807) is 6.92 Å². The van der Waals surface area contributed by atoms with E-state index in [0.29, 0.717) is 17.9 Å². The number of hydrogen-bond donors (Lipinski definition) is 3. The average molecular weight is 292 g/mol. The summed E-state index contributed by atoms with van der Waals surface area (Å²) in [5, 5.41) is 16.2. The molecule has 0 saturated carbocycles. The van der Waals surface area contributed by atoms with Crippen LogP contribution in [0.3, 0.4) is 0 Å². The second-order valence-corrected chi connectivity index (χ2v) is 6.29. The summed E-state index contributed by atoms with van der Waals surface area (Å²) in [6, 6.07) is 7.61. The first-order valence-corrected chi connectivity index (χ1v) is 7.59. The molecule has 21 heavy (non-hydrogen) atoms. The van der Waals surface area contributed by atoms with Crippen molar-refractivity contribution in [3.8, 4) is 0 Å². The van der Waals surface area contributed by atoms with Crippen LogP contribution in [0.2, 0.25) is 0 Å². The minimum absolute atomic E-state index is 0.120. The van der Waals surface area contributed by atoms with Gasteiger partial charge in [0.25, 0.3) is 5.91 Å². The van der Waals surface area contributed by atoms with Gasteiger partial charge in [-0.1, -0.05) is 32.0 Å². The lowest BCUT2D eigenvalue weighted by Crippen LogP contribution is -2.41. The van der Waals surface area contributed by atoms with Crippen LogP contribution in [0.5, 0.6) is 0 Å². The molecular weight excluding hydrogens is 264 g/mol. The lowest BCUT2D eigenvalue weighted by atomic mass is 9.94. The zero-order valence-electron chi connectivity index (χ0n) is 13.6. The number of hydrogen-bond acceptors (Lipinski definition) is 3. The number of aliphatic hydroxyl groups is 1. The van der Waals surface area contributed by atoms with Crippen molar-refractivity contribution >= 4 is 5.91 Å². The standard InChI is InChI=1S/C17H28N2O2/c1-13(2)11-17(3,21)12-19-16(20)15-8-6-5-7-14(15)9-10-18-4/h5-8,13,18,21H,9-12H2,1-4H3,(H,19,20). The molecule has 1 aromatic carbocycles. The van der Waals surface area contributed by atoms with Gasteiger partial charge in [-0.25, -0.2) is 0 Å². The second-order valence-electron chi connectivity index (χ2n) is 6.29. The zero-order valence-corrected chi connectivity index (χ0v) is 13.6. The highest BCUT2D eigenvalue weighted by Gasteiger charge is 2.23. The van der Waals surface area contributed by atoms with E-state index in [4.69, 9.17) is 0 Å². The molecule has 0 aliphatic heterocycles. The summed E-state index contributed by atoms with van der Waals surface area (Å²) in [6.45, 7) is 6.98. The van der Waals surface area contributed by atoms with Gasteiger partial charge in [-0.15, -0.1) is 0 Å². The van der Waals surface area contributed by atoms with Gasteiger partial charge in [0, 0.05) is 12.1 Å². The van der Waals surface area contributed by atoms with Gasteiger partial charge in [0.15, 0.2) is 0 Å². The van der Waals surface area contributed by atoms with Crippen molar-refractivity contribution in [2.75, 3.05) is 20.1 Å². The molecule has 0 saturated heterocycles. The maximum absolute atomic E-state index is 12.3. The van der Waals surface area contributed by atoms with Crippen LogP contribution < -0.4 is 10.6 Å². The summed E-state index contributed by atoms with van der Waals surface area (Å²) in [7, 11) is 1.89. The summed E-state index contributed by atoms with van der Waals surface area (Å²) in [5.74, 6) is 0.269. The second kappa shape index (κ2) is 8.15. The SMILES string of the molecule is CNCCc1ccccc1C(=O)NCC(C)(O)CC(C)C. The van der Waals surface area contributed by atoms with Gasteiger partial charge < -0.3 is 15.7 Å². The average Bonchev–Trinajstić information content (AvgIpc) is 2.41. The highest BCUT2D eigenvalue weighted by molar-refractivity contribution is 5.95. The maximum Gasteiger partial charge on any atom is 0.251 e. The molecule has 0 aliphatic rings. The normalized spacial score (nSPS) is 14.0. The van der Waals surface area contributed by atoms with Gasteiger partial charge >= 0.3 is 0 Å². The highest BCUT2D eigenvalue weighted by Crippen LogP contribution is 2.16. The molecule has 1 rings (SSSR count). The molecule has 0 aromatic heterocycles. The van der Waals surface area contributed by atoms with Crippen molar-refractivity contribution in [3.05, 3.63) is 35.4 Å². The van der Waals surface area contributed by atoms with E-state index in [0.717, 1.165) is 18.5 Å². The fourth-order valence-electron chi connectivity index (χ4n) is 2.54. The van der Waals surface area contributed by atoms with Crippen molar-refractivity contribution in [3.63, 3.8) is 0 Å². The molecule has 0 radical (unpaired) electrons. The fourth-order valence-corrected chi connectivity index (χ4v) is 2.54. The Morgan fingerprint density at radius 3 is 2.62 bits per heavy atom. The third-order valence-electron chi connectivity index (χ3n) is 3.38. The molecule has 0 fully saturated rings. The Balaban J connectivity index is 2.67. The van der Waals surface area contributed by atoms with Crippen LogP contribution in [0, 0.1) is 5.92 Å². The van der Waals surface area contributed by atoms with Crippen LogP contribution in [-0.2, 0) is 6.42 Å². The highest BCUT2D eigenvalue weighted by atomic mass is 16.3. The lowest BCUT2D eigenvalue weighted by molar-refractivity contribution is 0.0368. The van der Waals surface area contributed by atoms with Crippen LogP contribution in [0.4, 0.5) is 0 Å². The molecule has 0 heterocycles. The molecular formula is C17H28N2O2. The Kier molecular flexibility index (Phi) is 6.85. The van der Waals surface area contributed by atoms with E-state index in [1.165, 1.54) is 0 Å². The van der Waals surface area contributed by atoms with Crippen molar-refractivity contribution < 1.29 is 9.90 Å². The summed E-state index contributed by atoms with van der Waals surface area (Å²) in [6.07, 6.45) is 1.47. The molecule has 4 nitrogen and oxygen atoms in total. The molecule has 1 unspecified atom stereocenters. The largest absolute Gasteiger partial charge is 0.388 e. The van der Waals surface area contributed by atoms with E-state index in [9.17, 15) is 9.90 Å².